The van der Waals surface area contributed by atoms with Crippen molar-refractivity contribution in [3.8, 4) is 0 Å². The molecular weight excluding hydrogens is 374 g/mol. The van der Waals surface area contributed by atoms with Crippen LogP contribution in [0.3, 0.4) is 0 Å². The fourth-order valence-electron chi connectivity index (χ4n) is 5.45. The summed E-state index contributed by atoms with van der Waals surface area (Å²) in [6, 6.07) is 13.1. The predicted octanol–water partition coefficient (Wildman–Crippen LogP) is 4.64. The first kappa shape index (κ1) is 19.8. The van der Waals surface area contributed by atoms with Crippen LogP contribution in [0.4, 0.5) is 0 Å². The summed E-state index contributed by atoms with van der Waals surface area (Å²) >= 11 is 0. The third-order valence-corrected chi connectivity index (χ3v) is 7.34. The lowest BCUT2D eigenvalue weighted by Gasteiger charge is -2.42. The molecule has 1 N–H and O–H groups in total. The SMILES string of the molecule is O=C(C1CC1)N1CCCC(c2cc[nH]n2)[C@@H]1CO[C@H]1CC[C@@H](c2ccccc2)CC1. The second-order valence-corrected chi connectivity index (χ2v) is 9.34. The molecule has 30 heavy (non-hydrogen) atoms. The molecule has 2 atom stereocenters. The van der Waals surface area contributed by atoms with Gasteiger partial charge in [-0.05, 0) is 68.9 Å². The number of ether oxygens (including phenoxy) is 1. The summed E-state index contributed by atoms with van der Waals surface area (Å²) in [6.07, 6.45) is 11.0. The van der Waals surface area contributed by atoms with Crippen LogP contribution in [0.5, 0.6) is 0 Å². The van der Waals surface area contributed by atoms with Crippen LogP contribution < -0.4 is 0 Å². The van der Waals surface area contributed by atoms with Crippen molar-refractivity contribution in [2.24, 2.45) is 5.92 Å². The number of amides is 1. The number of aromatic nitrogens is 2. The average molecular weight is 408 g/mol. The van der Waals surface area contributed by atoms with Crippen molar-refractivity contribution in [3.63, 3.8) is 0 Å². The number of likely N-dealkylation sites (tertiary alicyclic amines) is 1. The van der Waals surface area contributed by atoms with E-state index in [1.165, 1.54) is 18.4 Å². The Labute approximate surface area is 179 Å². The van der Waals surface area contributed by atoms with Gasteiger partial charge >= 0.3 is 0 Å². The number of rotatable bonds is 6. The molecule has 2 aromatic rings. The molecule has 160 valence electrons. The quantitative estimate of drug-likeness (QED) is 0.759. The highest BCUT2D eigenvalue weighted by molar-refractivity contribution is 5.81. The first-order valence-electron chi connectivity index (χ1n) is 11.8. The molecule has 1 unspecified atom stereocenters. The minimum atomic E-state index is 0.113. The Morgan fingerprint density at radius 2 is 1.83 bits per heavy atom. The number of piperidine rings is 1. The van der Waals surface area contributed by atoms with Crippen molar-refractivity contribution < 1.29 is 9.53 Å². The van der Waals surface area contributed by atoms with E-state index in [0.717, 1.165) is 50.8 Å². The third-order valence-electron chi connectivity index (χ3n) is 7.34. The highest BCUT2D eigenvalue weighted by Gasteiger charge is 2.42. The summed E-state index contributed by atoms with van der Waals surface area (Å²) in [5.74, 6) is 1.53. The summed E-state index contributed by atoms with van der Waals surface area (Å²) < 4.78 is 6.48. The van der Waals surface area contributed by atoms with E-state index in [-0.39, 0.29) is 17.9 Å². The van der Waals surface area contributed by atoms with Crippen molar-refractivity contribution in [2.75, 3.05) is 13.2 Å². The second-order valence-electron chi connectivity index (χ2n) is 9.34. The Balaban J connectivity index is 1.22. The van der Waals surface area contributed by atoms with Crippen LogP contribution >= 0.6 is 0 Å². The van der Waals surface area contributed by atoms with E-state index in [9.17, 15) is 4.79 Å². The fourth-order valence-corrected chi connectivity index (χ4v) is 5.45. The van der Waals surface area contributed by atoms with E-state index in [2.05, 4.69) is 51.5 Å². The maximum Gasteiger partial charge on any atom is 0.226 e. The van der Waals surface area contributed by atoms with Gasteiger partial charge in [-0.2, -0.15) is 5.10 Å². The van der Waals surface area contributed by atoms with Gasteiger partial charge in [-0.1, -0.05) is 30.3 Å². The Kier molecular flexibility index (Phi) is 5.89. The zero-order chi connectivity index (χ0) is 20.3. The van der Waals surface area contributed by atoms with Crippen LogP contribution in [0, 0.1) is 5.92 Å². The van der Waals surface area contributed by atoms with Crippen molar-refractivity contribution >= 4 is 5.91 Å². The van der Waals surface area contributed by atoms with E-state index in [0.29, 0.717) is 24.5 Å². The number of aromatic amines is 1. The van der Waals surface area contributed by atoms with E-state index in [1.54, 1.807) is 0 Å². The summed E-state index contributed by atoms with van der Waals surface area (Å²) in [7, 11) is 0. The Morgan fingerprint density at radius 1 is 1.03 bits per heavy atom. The average Bonchev–Trinajstić information content (AvgIpc) is 3.52. The predicted molar refractivity (Wildman–Crippen MR) is 116 cm³/mol. The zero-order valence-corrected chi connectivity index (χ0v) is 17.7. The molecule has 5 rings (SSSR count). The van der Waals surface area contributed by atoms with E-state index >= 15 is 0 Å². The molecule has 1 aliphatic heterocycles. The van der Waals surface area contributed by atoms with Gasteiger partial charge in [-0.3, -0.25) is 9.89 Å². The van der Waals surface area contributed by atoms with E-state index < -0.39 is 0 Å². The molecule has 5 heteroatoms. The monoisotopic (exact) mass is 407 g/mol. The third kappa shape index (κ3) is 4.31. The van der Waals surface area contributed by atoms with Crippen molar-refractivity contribution in [2.45, 2.75) is 75.3 Å². The van der Waals surface area contributed by atoms with Gasteiger partial charge in [0.05, 0.1) is 24.4 Å². The van der Waals surface area contributed by atoms with Crippen molar-refractivity contribution in [1.29, 1.82) is 0 Å². The molecule has 2 heterocycles. The van der Waals surface area contributed by atoms with Gasteiger partial charge in [0, 0.05) is 24.6 Å². The molecule has 5 nitrogen and oxygen atoms in total. The smallest absolute Gasteiger partial charge is 0.226 e. The number of H-pyrrole nitrogens is 1. The van der Waals surface area contributed by atoms with Gasteiger partial charge in [0.1, 0.15) is 0 Å². The van der Waals surface area contributed by atoms with E-state index in [1.807, 2.05) is 6.20 Å². The fraction of sp³-hybridized carbons (Fsp3) is 0.600. The molecule has 1 saturated heterocycles. The minimum absolute atomic E-state index is 0.113. The van der Waals surface area contributed by atoms with Gasteiger partial charge in [-0.15, -0.1) is 0 Å². The van der Waals surface area contributed by atoms with Crippen molar-refractivity contribution in [1.82, 2.24) is 15.1 Å². The topological polar surface area (TPSA) is 58.2 Å². The van der Waals surface area contributed by atoms with Crippen LogP contribution in [0.25, 0.3) is 0 Å². The molecule has 2 saturated carbocycles. The van der Waals surface area contributed by atoms with Crippen molar-refractivity contribution in [3.05, 3.63) is 53.9 Å². The number of carbonyl (C=O) groups is 1. The standard InChI is InChI=1S/C25H33N3O2/c29-25(20-8-9-20)28-16-4-7-22(23-14-15-26-27-23)24(28)17-30-21-12-10-19(11-13-21)18-5-2-1-3-6-18/h1-3,5-6,14-15,19-22,24H,4,7-13,16-17H2,(H,26,27)/t19-,21+,22?,24-/m0/s1. The summed E-state index contributed by atoms with van der Waals surface area (Å²) in [5.41, 5.74) is 2.53. The number of nitrogens with one attached hydrogen (secondary N) is 1. The van der Waals surface area contributed by atoms with Crippen LogP contribution in [0.1, 0.15) is 74.5 Å². The summed E-state index contributed by atoms with van der Waals surface area (Å²) in [4.78, 5) is 15.1. The molecule has 0 radical (unpaired) electrons. The van der Waals surface area contributed by atoms with Crippen LogP contribution in [-0.4, -0.2) is 46.3 Å². The maximum atomic E-state index is 13.0. The van der Waals surface area contributed by atoms with Gasteiger partial charge in [-0.25, -0.2) is 0 Å². The number of hydrogen-bond donors (Lipinski definition) is 1. The Hall–Kier alpha value is -2.14. The summed E-state index contributed by atoms with van der Waals surface area (Å²) in [5, 5.41) is 7.42. The molecule has 1 aromatic heterocycles. The largest absolute Gasteiger partial charge is 0.376 e. The first-order chi connectivity index (χ1) is 14.8. The number of hydrogen-bond acceptors (Lipinski definition) is 3. The number of carbonyl (C=O) groups excluding carboxylic acids is 1. The van der Waals surface area contributed by atoms with Crippen LogP contribution in [0.2, 0.25) is 0 Å². The molecule has 1 aromatic carbocycles. The normalized spacial score (nSPS) is 29.7. The van der Waals surface area contributed by atoms with Crippen LogP contribution in [0.15, 0.2) is 42.6 Å². The van der Waals surface area contributed by atoms with Gasteiger partial charge in [0.2, 0.25) is 5.91 Å². The lowest BCUT2D eigenvalue weighted by atomic mass is 9.82. The van der Waals surface area contributed by atoms with Crippen LogP contribution in [-0.2, 0) is 9.53 Å². The lowest BCUT2D eigenvalue weighted by molar-refractivity contribution is -0.139. The molecule has 0 spiro atoms. The molecule has 1 amide bonds. The zero-order valence-electron chi connectivity index (χ0n) is 17.7. The molecule has 2 aliphatic carbocycles. The molecule has 3 aliphatic rings. The highest BCUT2D eigenvalue weighted by atomic mass is 16.5. The van der Waals surface area contributed by atoms with E-state index in [4.69, 9.17) is 4.74 Å². The summed E-state index contributed by atoms with van der Waals surface area (Å²) in [6.45, 7) is 1.50. The number of benzene rings is 1. The molecular formula is C25H33N3O2. The molecule has 0 bridgehead atoms. The second kappa shape index (κ2) is 8.93. The lowest BCUT2D eigenvalue weighted by Crippen LogP contribution is -2.51. The van der Waals surface area contributed by atoms with Gasteiger partial charge in [0.15, 0.2) is 0 Å². The first-order valence-corrected chi connectivity index (χ1v) is 11.8. The van der Waals surface area contributed by atoms with Gasteiger partial charge < -0.3 is 9.64 Å². The maximum absolute atomic E-state index is 13.0. The highest BCUT2D eigenvalue weighted by Crippen LogP contribution is 2.39. The Morgan fingerprint density at radius 3 is 2.53 bits per heavy atom. The minimum Gasteiger partial charge on any atom is -0.376 e. The molecule has 3 fully saturated rings. The number of nitrogens with zero attached hydrogens (tertiary/aromatic N) is 2. The Bertz CT molecular complexity index is 810. The van der Waals surface area contributed by atoms with Gasteiger partial charge in [0.25, 0.3) is 0 Å².